The lowest BCUT2D eigenvalue weighted by atomic mass is 9.85. The molecule has 1 fully saturated rings. The van der Waals surface area contributed by atoms with E-state index in [9.17, 15) is 27.9 Å². The minimum atomic E-state index is -1.59. The highest BCUT2D eigenvalue weighted by molar-refractivity contribution is 5.86. The van der Waals surface area contributed by atoms with Crippen LogP contribution >= 0.6 is 0 Å². The molecule has 6 nitrogen and oxygen atoms in total. The van der Waals surface area contributed by atoms with Crippen LogP contribution in [0.25, 0.3) is 5.69 Å². The van der Waals surface area contributed by atoms with Crippen molar-refractivity contribution in [3.05, 3.63) is 87.6 Å². The smallest absolute Gasteiger partial charge is 0.411 e. The lowest BCUT2D eigenvalue weighted by Crippen LogP contribution is -2.36. The molecule has 1 amide bonds. The van der Waals surface area contributed by atoms with E-state index in [1.165, 1.54) is 17.2 Å². The largest absolute Gasteiger partial charge is 0.465 e. The molecule has 1 saturated carbocycles. The summed E-state index contributed by atoms with van der Waals surface area (Å²) < 4.78 is 41.5. The van der Waals surface area contributed by atoms with Crippen molar-refractivity contribution in [3.8, 4) is 5.69 Å². The molecule has 2 aromatic carbocycles. The molecule has 1 heterocycles. The molecule has 32 heavy (non-hydrogen) atoms. The average molecular weight is 443 g/mol. The van der Waals surface area contributed by atoms with Crippen LogP contribution in [-0.2, 0) is 6.42 Å². The van der Waals surface area contributed by atoms with Gasteiger partial charge in [-0.3, -0.25) is 9.69 Å². The third kappa shape index (κ3) is 4.51. The number of halogens is 3. The second kappa shape index (κ2) is 8.86. The highest BCUT2D eigenvalue weighted by Gasteiger charge is 2.24. The van der Waals surface area contributed by atoms with E-state index in [1.807, 2.05) is 0 Å². The van der Waals surface area contributed by atoms with Gasteiger partial charge in [0.1, 0.15) is 5.69 Å². The number of aromatic nitrogens is 2. The number of nitrogens with zero attached hydrogens (tertiary/aromatic N) is 3. The molecule has 0 radical (unpaired) electrons. The molecule has 3 aromatic rings. The Kier molecular flexibility index (Phi) is 5.98. The topological polar surface area (TPSA) is 75.4 Å². The predicted octanol–water partition coefficient (Wildman–Crippen LogP) is 4.53. The van der Waals surface area contributed by atoms with E-state index in [1.54, 1.807) is 24.3 Å². The highest BCUT2D eigenvalue weighted by Crippen LogP contribution is 2.29. The van der Waals surface area contributed by atoms with Crippen LogP contribution < -0.4 is 10.3 Å². The van der Waals surface area contributed by atoms with Crippen molar-refractivity contribution in [2.24, 2.45) is 5.92 Å². The van der Waals surface area contributed by atoms with Crippen molar-refractivity contribution in [3.63, 3.8) is 0 Å². The fourth-order valence-electron chi connectivity index (χ4n) is 3.64. The summed E-state index contributed by atoms with van der Waals surface area (Å²) in [5, 5.41) is 13.8. The third-order valence-corrected chi connectivity index (χ3v) is 5.60. The molecular weight excluding hydrogens is 423 g/mol. The SMILES string of the molecule is O=C(O)N(CC1CCC1)c1cccc(Cc2nn(-c3cc(F)c(F)c(F)c3)ccc2=O)c1. The predicted molar refractivity (Wildman–Crippen MR) is 112 cm³/mol. The van der Waals surface area contributed by atoms with Gasteiger partial charge >= 0.3 is 6.09 Å². The van der Waals surface area contributed by atoms with Gasteiger partial charge in [0.15, 0.2) is 17.5 Å². The number of carboxylic acid groups (broad SMARTS) is 1. The number of anilines is 1. The van der Waals surface area contributed by atoms with E-state index in [-0.39, 0.29) is 23.2 Å². The summed E-state index contributed by atoms with van der Waals surface area (Å²) in [4.78, 5) is 25.4. The molecule has 166 valence electrons. The molecule has 4 rings (SSSR count). The second-order valence-corrected chi connectivity index (χ2v) is 7.83. The van der Waals surface area contributed by atoms with Crippen molar-refractivity contribution >= 4 is 11.8 Å². The Labute approximate surface area is 181 Å². The van der Waals surface area contributed by atoms with Crippen LogP contribution in [0.3, 0.4) is 0 Å². The Morgan fingerprint density at radius 3 is 2.47 bits per heavy atom. The lowest BCUT2D eigenvalue weighted by Gasteiger charge is -2.31. The van der Waals surface area contributed by atoms with Crippen LogP contribution in [0.5, 0.6) is 0 Å². The Hall–Kier alpha value is -3.62. The Morgan fingerprint density at radius 2 is 1.84 bits per heavy atom. The van der Waals surface area contributed by atoms with Crippen molar-refractivity contribution in [1.29, 1.82) is 0 Å². The van der Waals surface area contributed by atoms with E-state index in [0.29, 0.717) is 23.7 Å². The van der Waals surface area contributed by atoms with Gasteiger partial charge in [-0.25, -0.2) is 22.6 Å². The van der Waals surface area contributed by atoms with Gasteiger partial charge in [0, 0.05) is 43.0 Å². The molecule has 0 saturated heterocycles. The summed E-state index contributed by atoms with van der Waals surface area (Å²) in [6.45, 7) is 0.414. The summed E-state index contributed by atoms with van der Waals surface area (Å²) in [7, 11) is 0. The molecule has 1 N–H and O–H groups in total. The Morgan fingerprint density at radius 1 is 1.12 bits per heavy atom. The van der Waals surface area contributed by atoms with Crippen LogP contribution in [0.2, 0.25) is 0 Å². The van der Waals surface area contributed by atoms with E-state index in [0.717, 1.165) is 36.1 Å². The van der Waals surface area contributed by atoms with Crippen molar-refractivity contribution in [1.82, 2.24) is 9.78 Å². The van der Waals surface area contributed by atoms with Crippen LogP contribution in [0.1, 0.15) is 30.5 Å². The van der Waals surface area contributed by atoms with E-state index < -0.39 is 23.5 Å². The van der Waals surface area contributed by atoms with Gasteiger partial charge in [0.25, 0.3) is 0 Å². The van der Waals surface area contributed by atoms with Gasteiger partial charge in [-0.05, 0) is 36.5 Å². The summed E-state index contributed by atoms with van der Waals surface area (Å²) in [5.41, 5.74) is 0.783. The van der Waals surface area contributed by atoms with Crippen molar-refractivity contribution < 1.29 is 23.1 Å². The lowest BCUT2D eigenvalue weighted by molar-refractivity contribution is 0.197. The van der Waals surface area contributed by atoms with Crippen molar-refractivity contribution in [2.45, 2.75) is 25.7 Å². The normalized spacial score (nSPS) is 13.6. The van der Waals surface area contributed by atoms with E-state index in [2.05, 4.69) is 5.10 Å². The van der Waals surface area contributed by atoms with Gasteiger partial charge in [-0.1, -0.05) is 18.6 Å². The standard InChI is InChI=1S/C23H20F3N3O3/c24-18-11-17(12-19(25)22(18)26)29-8-7-21(30)20(27-29)10-15-5-2-6-16(9-15)28(23(31)32)13-14-3-1-4-14/h2,5-9,11-12,14H,1,3-4,10,13H2,(H,31,32). The number of rotatable bonds is 6. The maximum Gasteiger partial charge on any atom is 0.411 e. The zero-order valence-corrected chi connectivity index (χ0v) is 17.0. The minimum Gasteiger partial charge on any atom is -0.465 e. The summed E-state index contributed by atoms with van der Waals surface area (Å²) in [5.74, 6) is -3.98. The number of benzene rings is 2. The van der Waals surface area contributed by atoms with Crippen LogP contribution in [-0.4, -0.2) is 27.5 Å². The number of hydrogen-bond donors (Lipinski definition) is 1. The minimum absolute atomic E-state index is 0.0750. The number of amides is 1. The maximum atomic E-state index is 13.6. The Balaban J connectivity index is 1.62. The molecule has 0 spiro atoms. The van der Waals surface area contributed by atoms with E-state index >= 15 is 0 Å². The molecule has 0 aliphatic heterocycles. The van der Waals surface area contributed by atoms with Crippen LogP contribution in [0, 0.1) is 23.4 Å². The van der Waals surface area contributed by atoms with Gasteiger partial charge in [0.05, 0.1) is 5.69 Å². The molecule has 1 aliphatic carbocycles. The average Bonchev–Trinajstić information content (AvgIpc) is 2.72. The molecule has 0 bridgehead atoms. The molecule has 0 atom stereocenters. The Bertz CT molecular complexity index is 1200. The maximum absolute atomic E-state index is 13.6. The van der Waals surface area contributed by atoms with Gasteiger partial charge in [-0.2, -0.15) is 5.10 Å². The monoisotopic (exact) mass is 443 g/mol. The van der Waals surface area contributed by atoms with Gasteiger partial charge in [0.2, 0.25) is 5.43 Å². The van der Waals surface area contributed by atoms with Gasteiger partial charge < -0.3 is 5.11 Å². The quantitative estimate of drug-likeness (QED) is 0.569. The first kappa shape index (κ1) is 21.6. The number of carbonyl (C=O) groups is 1. The van der Waals surface area contributed by atoms with Crippen LogP contribution in [0.15, 0.2) is 53.5 Å². The second-order valence-electron chi connectivity index (χ2n) is 7.83. The molecule has 0 unspecified atom stereocenters. The molecular formula is C23H20F3N3O3. The zero-order chi connectivity index (χ0) is 22.8. The molecule has 9 heteroatoms. The van der Waals surface area contributed by atoms with Crippen molar-refractivity contribution in [2.75, 3.05) is 11.4 Å². The summed E-state index contributed by atoms with van der Waals surface area (Å²) in [6, 6.07) is 9.58. The molecule has 1 aliphatic rings. The summed E-state index contributed by atoms with van der Waals surface area (Å²) >= 11 is 0. The highest BCUT2D eigenvalue weighted by atomic mass is 19.2. The first-order valence-electron chi connectivity index (χ1n) is 10.1. The first-order valence-corrected chi connectivity index (χ1v) is 10.1. The molecule has 1 aromatic heterocycles. The fraction of sp³-hybridized carbons (Fsp3) is 0.261. The fourth-order valence-corrected chi connectivity index (χ4v) is 3.64. The number of hydrogen-bond acceptors (Lipinski definition) is 3. The first-order chi connectivity index (χ1) is 15.3. The third-order valence-electron chi connectivity index (χ3n) is 5.60. The van der Waals surface area contributed by atoms with E-state index in [4.69, 9.17) is 0 Å². The van der Waals surface area contributed by atoms with Gasteiger partial charge in [-0.15, -0.1) is 0 Å². The summed E-state index contributed by atoms with van der Waals surface area (Å²) in [6.07, 6.45) is 3.37. The zero-order valence-electron chi connectivity index (χ0n) is 17.0. The van der Waals surface area contributed by atoms with Crippen LogP contribution in [0.4, 0.5) is 23.7 Å².